The molecule has 7 nitrogen and oxygen atoms in total. The lowest BCUT2D eigenvalue weighted by molar-refractivity contribution is 0.0930. The van der Waals surface area contributed by atoms with E-state index in [-0.39, 0.29) is 11.9 Å². The fourth-order valence-electron chi connectivity index (χ4n) is 2.44. The standard InChI is InChI=1S/C12H16N6OS/c1-3-9-11(20-17-15-9)12(19)13-8-4-5-10-16-14-7(2)18(10)6-8/h8H,3-6H2,1-2H3,(H,13,19). The van der Waals surface area contributed by atoms with Crippen LogP contribution in [0.25, 0.3) is 0 Å². The normalized spacial score (nSPS) is 17.8. The van der Waals surface area contributed by atoms with Gasteiger partial charge in [-0.1, -0.05) is 11.4 Å². The zero-order valence-electron chi connectivity index (χ0n) is 11.5. The fraction of sp³-hybridized carbons (Fsp3) is 0.583. The molecule has 0 saturated carbocycles. The number of nitrogens with zero attached hydrogens (tertiary/aromatic N) is 5. The summed E-state index contributed by atoms with van der Waals surface area (Å²) in [4.78, 5) is 12.9. The highest BCUT2D eigenvalue weighted by molar-refractivity contribution is 7.08. The van der Waals surface area contributed by atoms with Gasteiger partial charge in [-0.3, -0.25) is 4.79 Å². The number of hydrogen-bond donors (Lipinski definition) is 1. The number of amides is 1. The van der Waals surface area contributed by atoms with E-state index in [2.05, 4.69) is 29.7 Å². The Balaban J connectivity index is 1.70. The molecule has 1 amide bonds. The molecule has 1 aliphatic heterocycles. The summed E-state index contributed by atoms with van der Waals surface area (Å²) in [7, 11) is 0. The molecule has 2 aromatic rings. The minimum absolute atomic E-state index is 0.0731. The average molecular weight is 292 g/mol. The lowest BCUT2D eigenvalue weighted by Gasteiger charge is -2.24. The third-order valence-electron chi connectivity index (χ3n) is 3.56. The van der Waals surface area contributed by atoms with E-state index in [0.29, 0.717) is 4.88 Å². The molecule has 3 rings (SSSR count). The molecule has 8 heteroatoms. The van der Waals surface area contributed by atoms with Crippen molar-refractivity contribution in [3.05, 3.63) is 22.2 Å². The van der Waals surface area contributed by atoms with E-state index >= 15 is 0 Å². The maximum Gasteiger partial charge on any atom is 0.265 e. The molecule has 0 aliphatic carbocycles. The molecule has 106 valence electrons. The second kappa shape index (κ2) is 5.28. The highest BCUT2D eigenvalue weighted by atomic mass is 32.1. The van der Waals surface area contributed by atoms with Crippen LogP contribution < -0.4 is 5.32 Å². The SMILES string of the molecule is CCc1nnsc1C(=O)NC1CCc2nnc(C)n2C1. The summed E-state index contributed by atoms with van der Waals surface area (Å²) in [5.41, 5.74) is 0.768. The van der Waals surface area contributed by atoms with Crippen LogP contribution in [0.2, 0.25) is 0 Å². The lowest BCUT2D eigenvalue weighted by Crippen LogP contribution is -2.41. The smallest absolute Gasteiger partial charge is 0.265 e. The van der Waals surface area contributed by atoms with Crippen molar-refractivity contribution in [2.24, 2.45) is 0 Å². The first kappa shape index (κ1) is 13.2. The van der Waals surface area contributed by atoms with Gasteiger partial charge in [0, 0.05) is 19.0 Å². The highest BCUT2D eigenvalue weighted by Crippen LogP contribution is 2.16. The maximum absolute atomic E-state index is 12.3. The van der Waals surface area contributed by atoms with E-state index in [1.54, 1.807) is 0 Å². The Hall–Kier alpha value is -1.83. The summed E-state index contributed by atoms with van der Waals surface area (Å²) in [6, 6.07) is 0.108. The summed E-state index contributed by atoms with van der Waals surface area (Å²) in [6.07, 6.45) is 2.45. The van der Waals surface area contributed by atoms with Crippen molar-refractivity contribution in [2.75, 3.05) is 0 Å². The second-order valence-electron chi connectivity index (χ2n) is 4.89. The third kappa shape index (κ3) is 2.31. The number of hydrogen-bond acceptors (Lipinski definition) is 6. The molecular weight excluding hydrogens is 276 g/mol. The largest absolute Gasteiger partial charge is 0.347 e. The Bertz CT molecular complexity index is 634. The van der Waals surface area contributed by atoms with Gasteiger partial charge in [-0.25, -0.2) is 0 Å². The van der Waals surface area contributed by atoms with Gasteiger partial charge in [-0.15, -0.1) is 15.3 Å². The number of aryl methyl sites for hydroxylation is 3. The van der Waals surface area contributed by atoms with Crippen molar-refractivity contribution in [1.82, 2.24) is 29.7 Å². The van der Waals surface area contributed by atoms with E-state index in [1.165, 1.54) is 0 Å². The molecule has 0 aromatic carbocycles. The van der Waals surface area contributed by atoms with E-state index in [1.807, 2.05) is 13.8 Å². The van der Waals surface area contributed by atoms with Crippen LogP contribution in [-0.2, 0) is 19.4 Å². The Labute approximate surface area is 120 Å². The van der Waals surface area contributed by atoms with Gasteiger partial charge >= 0.3 is 0 Å². The Morgan fingerprint density at radius 1 is 1.45 bits per heavy atom. The Morgan fingerprint density at radius 3 is 3.10 bits per heavy atom. The molecule has 1 N–H and O–H groups in total. The molecule has 0 fully saturated rings. The molecule has 0 bridgehead atoms. The first-order valence-corrected chi connectivity index (χ1v) is 7.47. The molecule has 0 radical (unpaired) electrons. The minimum Gasteiger partial charge on any atom is -0.347 e. The van der Waals surface area contributed by atoms with E-state index in [4.69, 9.17) is 0 Å². The molecule has 1 atom stereocenters. The monoisotopic (exact) mass is 292 g/mol. The van der Waals surface area contributed by atoms with Crippen molar-refractivity contribution >= 4 is 17.4 Å². The second-order valence-corrected chi connectivity index (χ2v) is 5.64. The van der Waals surface area contributed by atoms with Gasteiger partial charge < -0.3 is 9.88 Å². The average Bonchev–Trinajstić information content (AvgIpc) is 3.06. The molecule has 2 aromatic heterocycles. The van der Waals surface area contributed by atoms with Crippen LogP contribution >= 0.6 is 11.5 Å². The summed E-state index contributed by atoms with van der Waals surface area (Å²) < 4.78 is 5.92. The number of fused-ring (bicyclic) bond motifs is 1. The van der Waals surface area contributed by atoms with E-state index in [9.17, 15) is 4.79 Å². The highest BCUT2D eigenvalue weighted by Gasteiger charge is 2.24. The number of nitrogens with one attached hydrogen (secondary N) is 1. The topological polar surface area (TPSA) is 85.6 Å². The molecule has 1 aliphatic rings. The van der Waals surface area contributed by atoms with Crippen molar-refractivity contribution < 1.29 is 4.79 Å². The maximum atomic E-state index is 12.3. The van der Waals surface area contributed by atoms with Crippen molar-refractivity contribution in [3.63, 3.8) is 0 Å². The first-order valence-electron chi connectivity index (χ1n) is 6.69. The Kier molecular flexibility index (Phi) is 3.47. The minimum atomic E-state index is -0.0731. The molecule has 20 heavy (non-hydrogen) atoms. The van der Waals surface area contributed by atoms with Gasteiger partial charge in [0.2, 0.25) is 0 Å². The van der Waals surface area contributed by atoms with Crippen LogP contribution in [0, 0.1) is 6.92 Å². The van der Waals surface area contributed by atoms with Crippen molar-refractivity contribution in [1.29, 1.82) is 0 Å². The van der Waals surface area contributed by atoms with Gasteiger partial charge in [-0.2, -0.15) is 0 Å². The number of aromatic nitrogens is 5. The molecular formula is C12H16N6OS. The van der Waals surface area contributed by atoms with Gasteiger partial charge in [0.05, 0.1) is 5.69 Å². The quantitative estimate of drug-likeness (QED) is 0.902. The van der Waals surface area contributed by atoms with Gasteiger partial charge in [0.25, 0.3) is 5.91 Å². The lowest BCUT2D eigenvalue weighted by atomic mass is 10.1. The number of carbonyl (C=O) groups excluding carboxylic acids is 1. The summed E-state index contributed by atoms with van der Waals surface area (Å²) in [5, 5.41) is 15.2. The molecule has 0 spiro atoms. The molecule has 3 heterocycles. The Morgan fingerprint density at radius 2 is 2.30 bits per heavy atom. The van der Waals surface area contributed by atoms with Gasteiger partial charge in [0.1, 0.15) is 16.5 Å². The first-order chi connectivity index (χ1) is 9.69. The van der Waals surface area contributed by atoms with Crippen LogP contribution in [0.3, 0.4) is 0 Å². The van der Waals surface area contributed by atoms with Crippen molar-refractivity contribution in [2.45, 2.75) is 45.7 Å². The fourth-order valence-corrected chi connectivity index (χ4v) is 3.10. The van der Waals surface area contributed by atoms with E-state index in [0.717, 1.165) is 54.7 Å². The molecule has 0 saturated heterocycles. The van der Waals surface area contributed by atoms with Gasteiger partial charge in [-0.05, 0) is 31.3 Å². The molecule has 1 unspecified atom stereocenters. The summed E-state index contributed by atoms with van der Waals surface area (Å²) >= 11 is 1.16. The number of rotatable bonds is 3. The zero-order chi connectivity index (χ0) is 14.1. The predicted octanol–water partition coefficient (Wildman–Crippen LogP) is 0.745. The van der Waals surface area contributed by atoms with Crippen LogP contribution in [0.1, 0.15) is 40.4 Å². The van der Waals surface area contributed by atoms with Crippen LogP contribution in [0.4, 0.5) is 0 Å². The van der Waals surface area contributed by atoms with Crippen LogP contribution in [0.15, 0.2) is 0 Å². The summed E-state index contributed by atoms with van der Waals surface area (Å²) in [5.74, 6) is 1.82. The zero-order valence-corrected chi connectivity index (χ0v) is 12.3. The van der Waals surface area contributed by atoms with Crippen molar-refractivity contribution in [3.8, 4) is 0 Å². The third-order valence-corrected chi connectivity index (χ3v) is 4.33. The van der Waals surface area contributed by atoms with Crippen LogP contribution in [-0.4, -0.2) is 36.3 Å². The summed E-state index contributed by atoms with van der Waals surface area (Å²) in [6.45, 7) is 4.64. The predicted molar refractivity (Wildman–Crippen MR) is 73.6 cm³/mol. The number of carbonyl (C=O) groups is 1. The van der Waals surface area contributed by atoms with Gasteiger partial charge in [0.15, 0.2) is 0 Å². The van der Waals surface area contributed by atoms with E-state index < -0.39 is 0 Å². The van der Waals surface area contributed by atoms with Crippen LogP contribution in [0.5, 0.6) is 0 Å².